The van der Waals surface area contributed by atoms with Gasteiger partial charge in [-0.2, -0.15) is 11.8 Å². The molecule has 3 nitrogen and oxygen atoms in total. The second kappa shape index (κ2) is 5.47. The number of aliphatic hydroxyl groups excluding tert-OH is 1. The van der Waals surface area contributed by atoms with E-state index in [2.05, 4.69) is 17.2 Å². The second-order valence-electron chi connectivity index (χ2n) is 2.73. The average Bonchev–Trinajstić information content (AvgIpc) is 2.59. The second-order valence-corrected chi connectivity index (χ2v) is 4.70. The molecule has 2 N–H and O–H groups in total. The summed E-state index contributed by atoms with van der Waals surface area (Å²) in [5, 5.41) is 15.4. The summed E-state index contributed by atoms with van der Waals surface area (Å²) in [4.78, 5) is 4.12. The molecule has 0 aliphatic heterocycles. The third kappa shape index (κ3) is 3.17. The van der Waals surface area contributed by atoms with Gasteiger partial charge in [0.15, 0.2) is 5.13 Å². The Bertz CT molecular complexity index is 224. The molecule has 5 heteroatoms. The van der Waals surface area contributed by atoms with Crippen molar-refractivity contribution < 1.29 is 5.11 Å². The minimum Gasteiger partial charge on any atom is -0.395 e. The number of thiazole rings is 1. The number of hydrogen-bond donors (Lipinski definition) is 2. The Hall–Kier alpha value is -0.260. The monoisotopic (exact) mass is 218 g/mol. The van der Waals surface area contributed by atoms with Crippen molar-refractivity contribution in [1.82, 2.24) is 4.98 Å². The van der Waals surface area contributed by atoms with Crippen molar-refractivity contribution in [1.29, 1.82) is 0 Å². The Balaban J connectivity index is 2.44. The van der Waals surface area contributed by atoms with E-state index >= 15 is 0 Å². The van der Waals surface area contributed by atoms with Crippen LogP contribution in [-0.4, -0.2) is 34.2 Å². The number of nitrogens with one attached hydrogen (secondary N) is 1. The van der Waals surface area contributed by atoms with E-state index in [4.69, 9.17) is 5.11 Å². The molecule has 0 aliphatic rings. The Morgan fingerprint density at radius 2 is 2.54 bits per heavy atom. The van der Waals surface area contributed by atoms with E-state index in [0.29, 0.717) is 0 Å². The highest BCUT2D eigenvalue weighted by Crippen LogP contribution is 2.17. The Labute approximate surface area is 86.6 Å². The van der Waals surface area contributed by atoms with Gasteiger partial charge in [0.25, 0.3) is 0 Å². The SMILES string of the molecule is CSC(CO)C(C)Nc1nccs1. The minimum atomic E-state index is 0.195. The topological polar surface area (TPSA) is 45.1 Å². The molecule has 13 heavy (non-hydrogen) atoms. The van der Waals surface area contributed by atoms with Crippen LogP contribution in [-0.2, 0) is 0 Å². The summed E-state index contributed by atoms with van der Waals surface area (Å²) < 4.78 is 0. The molecule has 0 saturated heterocycles. The number of anilines is 1. The van der Waals surface area contributed by atoms with Crippen LogP contribution < -0.4 is 5.32 Å². The van der Waals surface area contributed by atoms with Crippen LogP contribution >= 0.6 is 23.1 Å². The zero-order valence-corrected chi connectivity index (χ0v) is 9.36. The lowest BCUT2D eigenvalue weighted by atomic mass is 10.2. The molecule has 1 rings (SSSR count). The van der Waals surface area contributed by atoms with Gasteiger partial charge in [0.05, 0.1) is 6.61 Å². The molecule has 0 aromatic carbocycles. The fraction of sp³-hybridized carbons (Fsp3) is 0.625. The minimum absolute atomic E-state index is 0.195. The number of aromatic nitrogens is 1. The average molecular weight is 218 g/mol. The van der Waals surface area contributed by atoms with Gasteiger partial charge in [-0.25, -0.2) is 4.98 Å². The number of hydrogen-bond acceptors (Lipinski definition) is 5. The molecular formula is C8H14N2OS2. The molecule has 74 valence electrons. The summed E-state index contributed by atoms with van der Waals surface area (Å²) in [6.07, 6.45) is 3.77. The summed E-state index contributed by atoms with van der Waals surface area (Å²) >= 11 is 3.24. The lowest BCUT2D eigenvalue weighted by molar-refractivity contribution is 0.288. The van der Waals surface area contributed by atoms with Crippen LogP contribution in [0.4, 0.5) is 5.13 Å². The van der Waals surface area contributed by atoms with E-state index in [-0.39, 0.29) is 17.9 Å². The van der Waals surface area contributed by atoms with Gasteiger partial charge in [-0.1, -0.05) is 0 Å². The molecule has 0 bridgehead atoms. The Kier molecular flexibility index (Phi) is 4.55. The van der Waals surface area contributed by atoms with Crippen molar-refractivity contribution in [3.05, 3.63) is 11.6 Å². The highest BCUT2D eigenvalue weighted by atomic mass is 32.2. The maximum absolute atomic E-state index is 9.05. The maximum Gasteiger partial charge on any atom is 0.182 e. The van der Waals surface area contributed by atoms with Crippen LogP contribution in [0.15, 0.2) is 11.6 Å². The number of aliphatic hydroxyl groups is 1. The van der Waals surface area contributed by atoms with Crippen molar-refractivity contribution in [2.24, 2.45) is 0 Å². The van der Waals surface area contributed by atoms with Crippen molar-refractivity contribution in [2.75, 3.05) is 18.2 Å². The molecule has 0 amide bonds. The summed E-state index contributed by atoms with van der Waals surface area (Å²) in [5.74, 6) is 0. The molecule has 0 radical (unpaired) electrons. The van der Waals surface area contributed by atoms with Crippen LogP contribution in [0.1, 0.15) is 6.92 Å². The van der Waals surface area contributed by atoms with Gasteiger partial charge >= 0.3 is 0 Å². The lowest BCUT2D eigenvalue weighted by Gasteiger charge is -2.20. The van der Waals surface area contributed by atoms with Crippen molar-refractivity contribution in [3.8, 4) is 0 Å². The molecule has 1 aromatic heterocycles. The van der Waals surface area contributed by atoms with E-state index in [1.54, 1.807) is 29.3 Å². The zero-order valence-electron chi connectivity index (χ0n) is 7.73. The molecule has 2 unspecified atom stereocenters. The van der Waals surface area contributed by atoms with Crippen LogP contribution in [0.3, 0.4) is 0 Å². The highest BCUT2D eigenvalue weighted by Gasteiger charge is 2.15. The van der Waals surface area contributed by atoms with E-state index < -0.39 is 0 Å². The Morgan fingerprint density at radius 1 is 1.77 bits per heavy atom. The number of nitrogens with zero attached hydrogens (tertiary/aromatic N) is 1. The van der Waals surface area contributed by atoms with Gasteiger partial charge in [-0.15, -0.1) is 11.3 Å². The van der Waals surface area contributed by atoms with Gasteiger partial charge in [-0.05, 0) is 13.2 Å². The van der Waals surface area contributed by atoms with Crippen molar-refractivity contribution in [2.45, 2.75) is 18.2 Å². The standard InChI is InChI=1S/C8H14N2OS2/c1-6(7(5-11)12-2)10-8-9-3-4-13-8/h3-4,6-7,11H,5H2,1-2H3,(H,9,10). The van der Waals surface area contributed by atoms with E-state index in [1.807, 2.05) is 11.6 Å². The van der Waals surface area contributed by atoms with Gasteiger partial charge in [0.2, 0.25) is 0 Å². The molecule has 0 spiro atoms. The lowest BCUT2D eigenvalue weighted by Crippen LogP contribution is -2.30. The first-order valence-electron chi connectivity index (χ1n) is 4.07. The van der Waals surface area contributed by atoms with Gasteiger partial charge in [0, 0.05) is 22.9 Å². The third-order valence-electron chi connectivity index (χ3n) is 1.82. The first kappa shape index (κ1) is 10.8. The highest BCUT2D eigenvalue weighted by molar-refractivity contribution is 7.99. The third-order valence-corrected chi connectivity index (χ3v) is 3.69. The summed E-state index contributed by atoms with van der Waals surface area (Å²) in [6, 6.07) is 0.242. The van der Waals surface area contributed by atoms with Gasteiger partial charge in [0.1, 0.15) is 0 Å². The van der Waals surface area contributed by atoms with E-state index in [9.17, 15) is 0 Å². The van der Waals surface area contributed by atoms with Crippen molar-refractivity contribution in [3.63, 3.8) is 0 Å². The first-order valence-corrected chi connectivity index (χ1v) is 6.24. The molecular weight excluding hydrogens is 204 g/mol. The van der Waals surface area contributed by atoms with Gasteiger partial charge < -0.3 is 10.4 Å². The smallest absolute Gasteiger partial charge is 0.182 e. The molecule has 0 aliphatic carbocycles. The normalized spacial score (nSPS) is 15.3. The zero-order chi connectivity index (χ0) is 9.68. The summed E-state index contributed by atoms with van der Waals surface area (Å²) in [5.41, 5.74) is 0. The van der Waals surface area contributed by atoms with Gasteiger partial charge in [-0.3, -0.25) is 0 Å². The van der Waals surface area contributed by atoms with E-state index in [0.717, 1.165) is 5.13 Å². The molecule has 0 fully saturated rings. The maximum atomic E-state index is 9.05. The quantitative estimate of drug-likeness (QED) is 0.789. The van der Waals surface area contributed by atoms with Crippen LogP contribution in [0.25, 0.3) is 0 Å². The van der Waals surface area contributed by atoms with Crippen LogP contribution in [0.2, 0.25) is 0 Å². The summed E-state index contributed by atoms with van der Waals surface area (Å²) in [6.45, 7) is 2.25. The van der Waals surface area contributed by atoms with Crippen molar-refractivity contribution >= 4 is 28.2 Å². The number of thioether (sulfide) groups is 1. The molecule has 2 atom stereocenters. The van der Waals surface area contributed by atoms with E-state index in [1.165, 1.54) is 0 Å². The van der Waals surface area contributed by atoms with Crippen LogP contribution in [0.5, 0.6) is 0 Å². The fourth-order valence-corrected chi connectivity index (χ4v) is 2.27. The summed E-state index contributed by atoms with van der Waals surface area (Å²) in [7, 11) is 0. The number of rotatable bonds is 5. The first-order chi connectivity index (χ1) is 6.27. The van der Waals surface area contributed by atoms with Crippen LogP contribution in [0, 0.1) is 0 Å². The fourth-order valence-electron chi connectivity index (χ4n) is 1.02. The largest absolute Gasteiger partial charge is 0.395 e. The molecule has 0 saturated carbocycles. The predicted molar refractivity (Wildman–Crippen MR) is 59.6 cm³/mol. The Morgan fingerprint density at radius 3 is 3.00 bits per heavy atom. The molecule has 1 aromatic rings. The molecule has 1 heterocycles. The predicted octanol–water partition coefficient (Wildman–Crippen LogP) is 1.67.